The Kier molecular flexibility index (Phi) is 3.97. The molecule has 0 saturated carbocycles. The van der Waals surface area contributed by atoms with E-state index in [4.69, 9.17) is 0 Å². The van der Waals surface area contributed by atoms with E-state index in [0.29, 0.717) is 17.3 Å². The molecular weight excluding hydrogens is 326 g/mol. The highest BCUT2D eigenvalue weighted by Gasteiger charge is 2.18. The van der Waals surface area contributed by atoms with Crippen molar-refractivity contribution in [1.29, 1.82) is 0 Å². The van der Waals surface area contributed by atoms with Crippen LogP contribution in [0.1, 0.15) is 16.1 Å². The topological polar surface area (TPSA) is 66.1 Å². The van der Waals surface area contributed by atoms with Gasteiger partial charge in [0.1, 0.15) is 0 Å². The van der Waals surface area contributed by atoms with Crippen molar-refractivity contribution >= 4 is 27.5 Å². The average molecular weight is 343 g/mol. The first-order chi connectivity index (χ1) is 12.6. The molecule has 1 amide bonds. The van der Waals surface area contributed by atoms with Crippen LogP contribution in [0.3, 0.4) is 0 Å². The molecule has 128 valence electrons. The number of amides is 1. The predicted octanol–water partition coefficient (Wildman–Crippen LogP) is 3.35. The van der Waals surface area contributed by atoms with Gasteiger partial charge in [-0.05, 0) is 28.5 Å². The van der Waals surface area contributed by atoms with E-state index in [0.717, 1.165) is 10.9 Å². The minimum atomic E-state index is -0.297. The van der Waals surface area contributed by atoms with Crippen LogP contribution in [-0.4, -0.2) is 28.1 Å². The van der Waals surface area contributed by atoms with Gasteiger partial charge in [0.25, 0.3) is 11.5 Å². The number of carbonyl (C=O) groups excluding carboxylic acids is 1. The lowest BCUT2D eigenvalue weighted by atomic mass is 10.1. The van der Waals surface area contributed by atoms with Gasteiger partial charge in [0, 0.05) is 19.0 Å². The highest BCUT2D eigenvalue weighted by atomic mass is 16.2. The molecule has 0 bridgehead atoms. The molecule has 1 heterocycles. The molecule has 26 heavy (non-hydrogen) atoms. The van der Waals surface area contributed by atoms with Crippen molar-refractivity contribution in [2.75, 3.05) is 7.05 Å². The zero-order valence-electron chi connectivity index (χ0n) is 14.3. The third-order valence-corrected chi connectivity index (χ3v) is 4.48. The number of aromatic amines is 1. The van der Waals surface area contributed by atoms with E-state index in [1.807, 2.05) is 18.2 Å². The van der Waals surface area contributed by atoms with Crippen molar-refractivity contribution in [3.8, 4) is 0 Å². The third kappa shape index (κ3) is 2.84. The summed E-state index contributed by atoms with van der Waals surface area (Å²) in [6.45, 7) is 0.457. The quantitative estimate of drug-likeness (QED) is 0.620. The second-order valence-electron chi connectivity index (χ2n) is 6.29. The van der Waals surface area contributed by atoms with Crippen molar-refractivity contribution < 1.29 is 4.79 Å². The molecule has 0 spiro atoms. The first-order valence-corrected chi connectivity index (χ1v) is 8.34. The summed E-state index contributed by atoms with van der Waals surface area (Å²) >= 11 is 0. The Bertz CT molecular complexity index is 1180. The second kappa shape index (κ2) is 6.44. The van der Waals surface area contributed by atoms with Crippen LogP contribution in [0.25, 0.3) is 21.5 Å². The van der Waals surface area contributed by atoms with Gasteiger partial charge in [-0.25, -0.2) is 5.10 Å². The molecule has 0 radical (unpaired) electrons. The summed E-state index contributed by atoms with van der Waals surface area (Å²) in [5, 5.41) is 9.73. The van der Waals surface area contributed by atoms with Gasteiger partial charge in [0.2, 0.25) is 0 Å². The lowest BCUT2D eigenvalue weighted by Gasteiger charge is -2.18. The Labute approximate surface area is 149 Å². The maximum absolute atomic E-state index is 12.9. The van der Waals surface area contributed by atoms with Crippen LogP contribution in [0.2, 0.25) is 0 Å². The van der Waals surface area contributed by atoms with E-state index in [-0.39, 0.29) is 17.2 Å². The normalized spacial score (nSPS) is 11.0. The number of aromatic nitrogens is 2. The van der Waals surface area contributed by atoms with Crippen LogP contribution >= 0.6 is 0 Å². The Morgan fingerprint density at radius 3 is 2.46 bits per heavy atom. The highest BCUT2D eigenvalue weighted by Crippen LogP contribution is 2.18. The molecule has 0 fully saturated rings. The molecular formula is C21H17N3O2. The summed E-state index contributed by atoms with van der Waals surface area (Å²) in [5.41, 5.74) is 0.992. The van der Waals surface area contributed by atoms with Crippen molar-refractivity contribution in [3.63, 3.8) is 0 Å². The Hall–Kier alpha value is -3.47. The summed E-state index contributed by atoms with van der Waals surface area (Å²) in [4.78, 5) is 26.4. The molecule has 3 aromatic carbocycles. The number of benzene rings is 3. The van der Waals surface area contributed by atoms with Crippen molar-refractivity contribution in [2.45, 2.75) is 6.54 Å². The number of carbonyl (C=O) groups is 1. The Morgan fingerprint density at radius 2 is 1.65 bits per heavy atom. The van der Waals surface area contributed by atoms with Gasteiger partial charge in [0.15, 0.2) is 5.69 Å². The number of H-pyrrole nitrogens is 1. The maximum Gasteiger partial charge on any atom is 0.274 e. The number of hydrogen-bond donors (Lipinski definition) is 1. The predicted molar refractivity (Wildman–Crippen MR) is 102 cm³/mol. The summed E-state index contributed by atoms with van der Waals surface area (Å²) in [6.07, 6.45) is 0. The van der Waals surface area contributed by atoms with Crippen LogP contribution < -0.4 is 5.56 Å². The lowest BCUT2D eigenvalue weighted by Crippen LogP contribution is -2.28. The molecule has 5 nitrogen and oxygen atoms in total. The van der Waals surface area contributed by atoms with Crippen LogP contribution in [-0.2, 0) is 6.54 Å². The van der Waals surface area contributed by atoms with Gasteiger partial charge in [0.05, 0.1) is 5.39 Å². The molecule has 0 aliphatic heterocycles. The van der Waals surface area contributed by atoms with Gasteiger partial charge >= 0.3 is 0 Å². The summed E-state index contributed by atoms with van der Waals surface area (Å²) < 4.78 is 0. The van der Waals surface area contributed by atoms with Crippen LogP contribution in [0.5, 0.6) is 0 Å². The van der Waals surface area contributed by atoms with E-state index >= 15 is 0 Å². The largest absolute Gasteiger partial charge is 0.336 e. The third-order valence-electron chi connectivity index (χ3n) is 4.48. The number of nitrogens with zero attached hydrogens (tertiary/aromatic N) is 2. The minimum absolute atomic E-state index is 0.231. The molecule has 0 unspecified atom stereocenters. The van der Waals surface area contributed by atoms with Crippen molar-refractivity contribution in [2.24, 2.45) is 0 Å². The Balaban J connectivity index is 1.66. The fourth-order valence-corrected chi connectivity index (χ4v) is 3.14. The summed E-state index contributed by atoms with van der Waals surface area (Å²) in [6, 6.07) is 21.3. The highest BCUT2D eigenvalue weighted by molar-refractivity contribution is 6.04. The molecule has 5 heteroatoms. The van der Waals surface area contributed by atoms with E-state index in [1.165, 1.54) is 5.39 Å². The van der Waals surface area contributed by atoms with Gasteiger partial charge in [-0.1, -0.05) is 54.6 Å². The van der Waals surface area contributed by atoms with Gasteiger partial charge in [-0.3, -0.25) is 9.59 Å². The summed E-state index contributed by atoms with van der Waals surface area (Å²) in [7, 11) is 1.74. The first-order valence-electron chi connectivity index (χ1n) is 8.34. The molecule has 0 aliphatic carbocycles. The Morgan fingerprint density at radius 1 is 0.962 bits per heavy atom. The molecule has 4 rings (SSSR count). The van der Waals surface area contributed by atoms with Crippen LogP contribution in [0, 0.1) is 0 Å². The zero-order valence-corrected chi connectivity index (χ0v) is 14.3. The maximum atomic E-state index is 12.9. The molecule has 0 atom stereocenters. The van der Waals surface area contributed by atoms with Gasteiger partial charge in [-0.15, -0.1) is 0 Å². The first kappa shape index (κ1) is 16.0. The summed E-state index contributed by atoms with van der Waals surface area (Å²) in [5.74, 6) is -0.231. The van der Waals surface area contributed by atoms with E-state index in [2.05, 4.69) is 34.5 Å². The van der Waals surface area contributed by atoms with Crippen LogP contribution in [0.4, 0.5) is 0 Å². The monoisotopic (exact) mass is 343 g/mol. The number of rotatable bonds is 3. The van der Waals surface area contributed by atoms with E-state index < -0.39 is 0 Å². The van der Waals surface area contributed by atoms with E-state index in [1.54, 1.807) is 36.2 Å². The van der Waals surface area contributed by atoms with Gasteiger partial charge in [-0.2, -0.15) is 5.10 Å². The molecule has 0 aliphatic rings. The lowest BCUT2D eigenvalue weighted by molar-refractivity contribution is 0.0780. The molecule has 1 aromatic heterocycles. The number of nitrogens with one attached hydrogen (secondary N) is 1. The average Bonchev–Trinajstić information content (AvgIpc) is 2.68. The smallest absolute Gasteiger partial charge is 0.274 e. The minimum Gasteiger partial charge on any atom is -0.336 e. The number of hydrogen-bond acceptors (Lipinski definition) is 3. The fraction of sp³-hybridized carbons (Fsp3) is 0.0952. The zero-order chi connectivity index (χ0) is 18.1. The molecule has 4 aromatic rings. The fourth-order valence-electron chi connectivity index (χ4n) is 3.14. The van der Waals surface area contributed by atoms with Crippen molar-refractivity contribution in [3.05, 3.63) is 88.3 Å². The standard InChI is InChI=1S/C21H17N3O2/c1-24(13-14-10-11-15-6-2-3-7-16(15)12-14)21(26)19-17-8-4-5-9-18(17)20(25)23-22-19/h2-12H,13H2,1H3,(H,23,25). The van der Waals surface area contributed by atoms with E-state index in [9.17, 15) is 9.59 Å². The SMILES string of the molecule is CN(Cc1ccc2ccccc2c1)C(=O)c1n[nH]c(=O)c2ccccc12. The molecule has 1 N–H and O–H groups in total. The second-order valence-corrected chi connectivity index (χ2v) is 6.29. The van der Waals surface area contributed by atoms with Crippen molar-refractivity contribution in [1.82, 2.24) is 15.1 Å². The molecule has 0 saturated heterocycles. The van der Waals surface area contributed by atoms with Gasteiger partial charge < -0.3 is 4.90 Å². The van der Waals surface area contributed by atoms with Crippen LogP contribution in [0.15, 0.2) is 71.5 Å². The number of fused-ring (bicyclic) bond motifs is 2.